The fourth-order valence-electron chi connectivity index (χ4n) is 4.46. The van der Waals surface area contributed by atoms with Crippen molar-refractivity contribution in [3.05, 3.63) is 74.3 Å². The van der Waals surface area contributed by atoms with Gasteiger partial charge in [0.25, 0.3) is 5.91 Å². The number of carbonyl (C=O) groups is 1. The van der Waals surface area contributed by atoms with Gasteiger partial charge in [-0.3, -0.25) is 14.5 Å². The molecule has 4 aromatic rings. The van der Waals surface area contributed by atoms with Gasteiger partial charge >= 0.3 is 0 Å². The number of rotatable bonds is 9. The second kappa shape index (κ2) is 10.3. The zero-order chi connectivity index (χ0) is 26.1. The summed E-state index contributed by atoms with van der Waals surface area (Å²) in [7, 11) is 0. The minimum Gasteiger partial charge on any atom is -0.490 e. The third-order valence-electron chi connectivity index (χ3n) is 6.14. The van der Waals surface area contributed by atoms with Gasteiger partial charge in [-0.15, -0.1) is 10.2 Å². The summed E-state index contributed by atoms with van der Waals surface area (Å²) in [5.74, 6) is -0.100. The highest BCUT2D eigenvalue weighted by Crippen LogP contribution is 2.44. The molecule has 0 aliphatic carbocycles. The number of amides is 1. The summed E-state index contributed by atoms with van der Waals surface area (Å²) >= 11 is 1.23. The summed E-state index contributed by atoms with van der Waals surface area (Å²) < 4.78 is 31.7. The first-order chi connectivity index (χ1) is 17.9. The average molecular weight is 524 g/mol. The van der Waals surface area contributed by atoms with Gasteiger partial charge in [0.2, 0.25) is 10.9 Å². The molecule has 3 heterocycles. The number of unbranched alkanes of at least 4 members (excludes halogenated alkanes) is 2. The van der Waals surface area contributed by atoms with Crippen LogP contribution >= 0.6 is 11.3 Å². The zero-order valence-electron chi connectivity index (χ0n) is 20.7. The second-order valence-electron chi connectivity index (χ2n) is 8.69. The van der Waals surface area contributed by atoms with Crippen molar-refractivity contribution in [3.8, 4) is 11.5 Å². The molecular weight excluding hydrogens is 497 g/mol. The average Bonchev–Trinajstić information content (AvgIpc) is 3.44. The van der Waals surface area contributed by atoms with E-state index in [0.29, 0.717) is 40.4 Å². The Hall–Kier alpha value is -3.79. The summed E-state index contributed by atoms with van der Waals surface area (Å²) in [5.41, 5.74) is 0.386. The van der Waals surface area contributed by atoms with Crippen LogP contribution in [0.2, 0.25) is 0 Å². The van der Waals surface area contributed by atoms with Crippen LogP contribution in [0.25, 0.3) is 11.0 Å². The van der Waals surface area contributed by atoms with Crippen molar-refractivity contribution in [2.24, 2.45) is 0 Å². The molecule has 0 fully saturated rings. The normalized spacial score (nSPS) is 14.9. The van der Waals surface area contributed by atoms with Gasteiger partial charge in [-0.25, -0.2) is 4.39 Å². The number of benzene rings is 2. The van der Waals surface area contributed by atoms with E-state index in [1.165, 1.54) is 28.4 Å². The van der Waals surface area contributed by atoms with Gasteiger partial charge in [0, 0.05) is 0 Å². The Balaban J connectivity index is 1.67. The van der Waals surface area contributed by atoms with Crippen LogP contribution in [-0.2, 0) is 0 Å². The SMILES string of the molecule is CCCCCOc1ccc(C2c3c(oc4ccc(F)cc4c3=O)C(=O)N2c2nnc(C)s2)cc1OCC. The summed E-state index contributed by atoms with van der Waals surface area (Å²) in [6, 6.07) is 8.13. The topological polar surface area (TPSA) is 94.8 Å². The van der Waals surface area contributed by atoms with E-state index in [-0.39, 0.29) is 22.3 Å². The number of nitrogens with zero attached hydrogens (tertiary/aromatic N) is 3. The van der Waals surface area contributed by atoms with Crippen LogP contribution in [0.5, 0.6) is 11.5 Å². The molecule has 0 saturated carbocycles. The molecule has 0 bridgehead atoms. The Bertz CT molecular complexity index is 1530. The predicted octanol–water partition coefficient (Wildman–Crippen LogP) is 5.81. The Morgan fingerprint density at radius 2 is 1.89 bits per heavy atom. The van der Waals surface area contributed by atoms with Crippen molar-refractivity contribution in [2.75, 3.05) is 18.1 Å². The molecule has 1 unspecified atom stereocenters. The fraction of sp³-hybridized carbons (Fsp3) is 0.333. The van der Waals surface area contributed by atoms with Crippen LogP contribution in [0.3, 0.4) is 0 Å². The maximum Gasteiger partial charge on any atom is 0.297 e. The number of ether oxygens (including phenoxy) is 2. The van der Waals surface area contributed by atoms with E-state index >= 15 is 0 Å². The van der Waals surface area contributed by atoms with Crippen molar-refractivity contribution in [3.63, 3.8) is 0 Å². The Morgan fingerprint density at radius 3 is 2.62 bits per heavy atom. The van der Waals surface area contributed by atoms with Gasteiger partial charge in [-0.05, 0) is 56.2 Å². The van der Waals surface area contributed by atoms with Gasteiger partial charge < -0.3 is 13.9 Å². The number of hydrogen-bond donors (Lipinski definition) is 0. The van der Waals surface area contributed by atoms with Gasteiger partial charge in [0.05, 0.1) is 30.2 Å². The van der Waals surface area contributed by atoms with Crippen molar-refractivity contribution >= 4 is 33.3 Å². The smallest absolute Gasteiger partial charge is 0.297 e. The molecule has 0 radical (unpaired) electrons. The molecule has 0 spiro atoms. The molecule has 0 saturated heterocycles. The Morgan fingerprint density at radius 1 is 1.05 bits per heavy atom. The summed E-state index contributed by atoms with van der Waals surface area (Å²) in [5, 5.41) is 9.28. The largest absolute Gasteiger partial charge is 0.490 e. The third kappa shape index (κ3) is 4.57. The lowest BCUT2D eigenvalue weighted by atomic mass is 9.98. The summed E-state index contributed by atoms with van der Waals surface area (Å²) in [4.78, 5) is 28.7. The highest BCUT2D eigenvalue weighted by atomic mass is 32.1. The first-order valence-corrected chi connectivity index (χ1v) is 13.0. The second-order valence-corrected chi connectivity index (χ2v) is 9.85. The molecule has 5 rings (SSSR count). The number of hydrogen-bond acceptors (Lipinski definition) is 8. The van der Waals surface area contributed by atoms with Crippen molar-refractivity contribution in [1.82, 2.24) is 10.2 Å². The van der Waals surface area contributed by atoms with E-state index in [0.717, 1.165) is 25.3 Å². The number of carbonyl (C=O) groups excluding carboxylic acids is 1. The van der Waals surface area contributed by atoms with Crippen LogP contribution in [0, 0.1) is 12.7 Å². The summed E-state index contributed by atoms with van der Waals surface area (Å²) in [6.45, 7) is 6.73. The lowest BCUT2D eigenvalue weighted by Crippen LogP contribution is -2.29. The van der Waals surface area contributed by atoms with E-state index in [9.17, 15) is 14.0 Å². The first-order valence-electron chi connectivity index (χ1n) is 12.2. The number of anilines is 1. The molecule has 2 aromatic carbocycles. The lowest BCUT2D eigenvalue weighted by molar-refractivity contribution is 0.0970. The van der Waals surface area contributed by atoms with Crippen molar-refractivity contribution in [2.45, 2.75) is 46.1 Å². The number of halogens is 1. The van der Waals surface area contributed by atoms with Gasteiger partial charge in [-0.2, -0.15) is 0 Å². The van der Waals surface area contributed by atoms with Gasteiger partial charge in [0.1, 0.15) is 16.4 Å². The summed E-state index contributed by atoms with van der Waals surface area (Å²) in [6.07, 6.45) is 3.06. The molecule has 192 valence electrons. The minimum atomic E-state index is -0.868. The third-order valence-corrected chi connectivity index (χ3v) is 6.98. The zero-order valence-corrected chi connectivity index (χ0v) is 21.6. The maximum atomic E-state index is 14.0. The highest BCUT2D eigenvalue weighted by Gasteiger charge is 2.45. The fourth-order valence-corrected chi connectivity index (χ4v) is 5.17. The van der Waals surface area contributed by atoms with Crippen LogP contribution in [0.15, 0.2) is 45.6 Å². The van der Waals surface area contributed by atoms with Crippen LogP contribution in [-0.4, -0.2) is 29.3 Å². The van der Waals surface area contributed by atoms with Gasteiger partial charge in [-0.1, -0.05) is 37.2 Å². The van der Waals surface area contributed by atoms with Crippen molar-refractivity contribution < 1.29 is 23.1 Å². The monoisotopic (exact) mass is 523 g/mol. The van der Waals surface area contributed by atoms with E-state index in [1.807, 2.05) is 6.92 Å². The Labute approximate surface area is 216 Å². The van der Waals surface area contributed by atoms with Crippen LogP contribution in [0.1, 0.15) is 65.8 Å². The number of aryl methyl sites for hydroxylation is 1. The van der Waals surface area contributed by atoms with Gasteiger partial charge in [0.15, 0.2) is 16.9 Å². The molecule has 0 N–H and O–H groups in total. The molecule has 10 heteroatoms. The Kier molecular flexibility index (Phi) is 6.92. The number of fused-ring (bicyclic) bond motifs is 2. The van der Waals surface area contributed by atoms with Crippen LogP contribution in [0.4, 0.5) is 9.52 Å². The van der Waals surface area contributed by atoms with Crippen LogP contribution < -0.4 is 19.8 Å². The molecule has 37 heavy (non-hydrogen) atoms. The molecule has 1 aliphatic heterocycles. The standard InChI is InChI=1S/C27H26FN3O5S/c1-4-6-7-12-35-20-10-8-16(13-21(20)34-5-2)23-22-24(32)18-14-17(28)9-11-19(18)36-25(22)26(33)31(23)27-30-29-15(3)37-27/h8-11,13-14,23H,4-7,12H2,1-3H3. The molecular formula is C27H26FN3O5S. The van der Waals surface area contributed by atoms with E-state index in [1.54, 1.807) is 25.1 Å². The quantitative estimate of drug-likeness (QED) is 0.256. The predicted molar refractivity (Wildman–Crippen MR) is 138 cm³/mol. The number of aromatic nitrogens is 2. The molecule has 8 nitrogen and oxygen atoms in total. The molecule has 2 aromatic heterocycles. The van der Waals surface area contributed by atoms with E-state index < -0.39 is 23.2 Å². The minimum absolute atomic E-state index is 0.0627. The maximum absolute atomic E-state index is 14.0. The van der Waals surface area contributed by atoms with E-state index in [4.69, 9.17) is 13.9 Å². The van der Waals surface area contributed by atoms with Crippen molar-refractivity contribution in [1.29, 1.82) is 0 Å². The van der Waals surface area contributed by atoms with E-state index in [2.05, 4.69) is 17.1 Å². The lowest BCUT2D eigenvalue weighted by Gasteiger charge is -2.23. The molecule has 1 amide bonds. The first kappa shape index (κ1) is 24.9. The molecule has 1 aliphatic rings. The molecule has 1 atom stereocenters. The highest BCUT2D eigenvalue weighted by molar-refractivity contribution is 7.15.